The van der Waals surface area contributed by atoms with Crippen LogP contribution >= 0.6 is 0 Å². The number of carbonyl (C=O) groups excluding carboxylic acids is 2. The number of ether oxygens (including phenoxy) is 2. The Bertz CT molecular complexity index is 1120. The van der Waals surface area contributed by atoms with Gasteiger partial charge in [-0.2, -0.15) is 0 Å². The Labute approximate surface area is 206 Å². The van der Waals surface area contributed by atoms with Crippen molar-refractivity contribution in [1.82, 2.24) is 10.6 Å². The van der Waals surface area contributed by atoms with Gasteiger partial charge >= 0.3 is 24.0 Å². The molecule has 5 N–H and O–H groups in total. The fourth-order valence-electron chi connectivity index (χ4n) is 3.31. The second kappa shape index (κ2) is 13.5. The van der Waals surface area contributed by atoms with Gasteiger partial charge in [0.05, 0.1) is 7.11 Å². The molecule has 194 valence electrons. The van der Waals surface area contributed by atoms with E-state index >= 15 is 0 Å². The SMILES string of the molecule is COc1ccc2cc(C(=O)NCCCC[C@H](OC(=O)N[C@@H](CCC(=O)O)C(=O)O)C(=O)O)ccc2c1. The number of carbonyl (C=O) groups is 5. The number of carboxylic acids is 3. The minimum atomic E-state index is -1.54. The van der Waals surface area contributed by atoms with Crippen LogP contribution in [0.15, 0.2) is 36.4 Å². The summed E-state index contributed by atoms with van der Waals surface area (Å²) in [7, 11) is 1.57. The van der Waals surface area contributed by atoms with Gasteiger partial charge in [-0.05, 0) is 60.7 Å². The van der Waals surface area contributed by atoms with Crippen LogP contribution in [-0.2, 0) is 19.1 Å². The van der Waals surface area contributed by atoms with Gasteiger partial charge < -0.3 is 35.4 Å². The molecular weight excluding hydrogens is 476 g/mol. The van der Waals surface area contributed by atoms with E-state index in [0.29, 0.717) is 24.2 Å². The molecule has 2 aromatic rings. The van der Waals surface area contributed by atoms with E-state index in [1.165, 1.54) is 0 Å². The summed E-state index contributed by atoms with van der Waals surface area (Å²) in [6.45, 7) is 0.258. The minimum Gasteiger partial charge on any atom is -0.497 e. The summed E-state index contributed by atoms with van der Waals surface area (Å²) in [4.78, 5) is 57.5. The van der Waals surface area contributed by atoms with Gasteiger partial charge in [0.15, 0.2) is 0 Å². The van der Waals surface area contributed by atoms with Crippen molar-refractivity contribution in [3.8, 4) is 5.75 Å². The van der Waals surface area contributed by atoms with Gasteiger partial charge in [0.1, 0.15) is 11.8 Å². The third-order valence-corrected chi connectivity index (χ3v) is 5.25. The quantitative estimate of drug-likeness (QED) is 0.239. The van der Waals surface area contributed by atoms with Gasteiger partial charge in [0, 0.05) is 18.5 Å². The number of aliphatic carboxylic acids is 3. The van der Waals surface area contributed by atoms with E-state index in [2.05, 4.69) is 5.32 Å². The Kier molecular flexibility index (Phi) is 10.5. The fourth-order valence-corrected chi connectivity index (χ4v) is 3.31. The number of hydrogen-bond donors (Lipinski definition) is 5. The zero-order valence-corrected chi connectivity index (χ0v) is 19.6. The largest absolute Gasteiger partial charge is 0.497 e. The summed E-state index contributed by atoms with van der Waals surface area (Å²) in [5.41, 5.74) is 0.465. The van der Waals surface area contributed by atoms with Crippen molar-refractivity contribution >= 4 is 40.7 Å². The topological polar surface area (TPSA) is 189 Å². The molecule has 0 radical (unpaired) electrons. The molecule has 0 aliphatic heterocycles. The maximum absolute atomic E-state index is 12.4. The second-order valence-corrected chi connectivity index (χ2v) is 7.88. The summed E-state index contributed by atoms with van der Waals surface area (Å²) in [5, 5.41) is 33.5. The summed E-state index contributed by atoms with van der Waals surface area (Å²) >= 11 is 0. The normalized spacial score (nSPS) is 12.2. The average molecular weight is 504 g/mol. The smallest absolute Gasteiger partial charge is 0.408 e. The molecule has 0 saturated carbocycles. The Balaban J connectivity index is 1.79. The minimum absolute atomic E-state index is 0.0662. The van der Waals surface area contributed by atoms with E-state index in [9.17, 15) is 29.1 Å². The zero-order valence-electron chi connectivity index (χ0n) is 19.6. The van der Waals surface area contributed by atoms with Crippen LogP contribution in [-0.4, -0.2) is 71.0 Å². The van der Waals surface area contributed by atoms with Crippen LogP contribution in [0, 0.1) is 0 Å². The molecule has 12 heteroatoms. The van der Waals surface area contributed by atoms with Gasteiger partial charge in [-0.1, -0.05) is 12.1 Å². The van der Waals surface area contributed by atoms with Crippen molar-refractivity contribution in [2.45, 2.75) is 44.2 Å². The molecule has 2 aromatic carbocycles. The Morgan fingerprint density at radius 2 is 1.58 bits per heavy atom. The van der Waals surface area contributed by atoms with Crippen molar-refractivity contribution in [2.75, 3.05) is 13.7 Å². The van der Waals surface area contributed by atoms with Crippen molar-refractivity contribution in [3.63, 3.8) is 0 Å². The van der Waals surface area contributed by atoms with Gasteiger partial charge in [0.2, 0.25) is 6.10 Å². The van der Waals surface area contributed by atoms with E-state index in [-0.39, 0.29) is 25.3 Å². The van der Waals surface area contributed by atoms with Gasteiger partial charge in [0.25, 0.3) is 5.91 Å². The summed E-state index contributed by atoms with van der Waals surface area (Å²) < 4.78 is 9.98. The number of unbranched alkanes of at least 4 members (excludes halogenated alkanes) is 1. The van der Waals surface area contributed by atoms with Crippen molar-refractivity contribution in [3.05, 3.63) is 42.0 Å². The summed E-state index contributed by atoms with van der Waals surface area (Å²) in [5.74, 6) is -3.71. The highest BCUT2D eigenvalue weighted by Gasteiger charge is 2.26. The number of fused-ring (bicyclic) bond motifs is 1. The van der Waals surface area contributed by atoms with Crippen LogP contribution in [0.1, 0.15) is 42.5 Å². The molecule has 2 atom stereocenters. The number of rotatable bonds is 14. The summed E-state index contributed by atoms with van der Waals surface area (Å²) in [6, 6.07) is 9.21. The second-order valence-electron chi connectivity index (χ2n) is 7.88. The number of amides is 2. The molecule has 0 spiro atoms. The molecule has 0 unspecified atom stereocenters. The van der Waals surface area contributed by atoms with Crippen LogP contribution in [0.25, 0.3) is 10.8 Å². The third-order valence-electron chi connectivity index (χ3n) is 5.25. The van der Waals surface area contributed by atoms with E-state index in [0.717, 1.165) is 10.8 Å². The molecule has 0 heterocycles. The number of nitrogens with one attached hydrogen (secondary N) is 2. The van der Waals surface area contributed by atoms with Crippen LogP contribution in [0.4, 0.5) is 4.79 Å². The standard InChI is InChI=1S/C24H28N2O10/c1-35-17-8-7-14-12-16(6-5-15(14)13-17)21(29)25-11-3-2-4-19(23(32)33)36-24(34)26-18(22(30)31)9-10-20(27)28/h5-8,12-13,18-19H,2-4,9-11H2,1H3,(H,25,29)(H,26,34)(H,27,28)(H,30,31)(H,32,33)/t18-,19-/m0/s1. The molecule has 0 bridgehead atoms. The van der Waals surface area contributed by atoms with E-state index in [4.69, 9.17) is 19.7 Å². The number of benzene rings is 2. The third kappa shape index (κ3) is 8.78. The highest BCUT2D eigenvalue weighted by atomic mass is 16.6. The number of methoxy groups -OCH3 is 1. The number of carboxylic acid groups (broad SMARTS) is 3. The molecule has 36 heavy (non-hydrogen) atoms. The summed E-state index contributed by atoms with van der Waals surface area (Å²) in [6.07, 6.45) is -3.06. The van der Waals surface area contributed by atoms with Crippen molar-refractivity contribution in [1.29, 1.82) is 0 Å². The first-order chi connectivity index (χ1) is 17.1. The Hall–Kier alpha value is -4.35. The lowest BCUT2D eigenvalue weighted by molar-refractivity contribution is -0.147. The molecule has 0 aliphatic carbocycles. The van der Waals surface area contributed by atoms with E-state index < -0.39 is 42.6 Å². The number of hydrogen-bond acceptors (Lipinski definition) is 7. The first-order valence-corrected chi connectivity index (χ1v) is 11.1. The van der Waals surface area contributed by atoms with Gasteiger partial charge in [-0.3, -0.25) is 9.59 Å². The molecular formula is C24H28N2O10. The van der Waals surface area contributed by atoms with Crippen LogP contribution in [0.3, 0.4) is 0 Å². The first-order valence-electron chi connectivity index (χ1n) is 11.1. The zero-order chi connectivity index (χ0) is 26.7. The highest BCUT2D eigenvalue weighted by Crippen LogP contribution is 2.22. The number of alkyl carbamates (subject to hydrolysis) is 1. The van der Waals surface area contributed by atoms with Gasteiger partial charge in [-0.15, -0.1) is 0 Å². The maximum Gasteiger partial charge on any atom is 0.408 e. The lowest BCUT2D eigenvalue weighted by Gasteiger charge is -2.17. The molecule has 0 aliphatic rings. The lowest BCUT2D eigenvalue weighted by atomic mass is 10.1. The Morgan fingerprint density at radius 1 is 0.889 bits per heavy atom. The van der Waals surface area contributed by atoms with E-state index in [1.807, 2.05) is 23.5 Å². The molecule has 0 fully saturated rings. The average Bonchev–Trinajstić information content (AvgIpc) is 2.84. The molecule has 12 nitrogen and oxygen atoms in total. The van der Waals surface area contributed by atoms with Crippen LogP contribution in [0.2, 0.25) is 0 Å². The van der Waals surface area contributed by atoms with Crippen molar-refractivity contribution < 1.29 is 48.8 Å². The predicted octanol–water partition coefficient (Wildman–Crippen LogP) is 2.25. The van der Waals surface area contributed by atoms with Crippen LogP contribution in [0.5, 0.6) is 5.75 Å². The monoisotopic (exact) mass is 504 g/mol. The molecule has 0 aromatic heterocycles. The first kappa shape index (κ1) is 27.9. The highest BCUT2D eigenvalue weighted by molar-refractivity contribution is 5.98. The molecule has 2 rings (SSSR count). The lowest BCUT2D eigenvalue weighted by Crippen LogP contribution is -2.43. The maximum atomic E-state index is 12.4. The molecule has 0 saturated heterocycles. The van der Waals surface area contributed by atoms with Gasteiger partial charge in [-0.25, -0.2) is 14.4 Å². The predicted molar refractivity (Wildman–Crippen MR) is 126 cm³/mol. The van der Waals surface area contributed by atoms with Crippen LogP contribution < -0.4 is 15.4 Å². The van der Waals surface area contributed by atoms with Crippen molar-refractivity contribution in [2.24, 2.45) is 0 Å². The fraction of sp³-hybridized carbons (Fsp3) is 0.375. The molecule has 2 amide bonds. The van der Waals surface area contributed by atoms with E-state index in [1.54, 1.807) is 25.3 Å². The Morgan fingerprint density at radius 3 is 2.22 bits per heavy atom.